The van der Waals surface area contributed by atoms with Crippen LogP contribution in [0.3, 0.4) is 0 Å². The standard InChI is InChI=1S/C16H17BrClNO/c1-11-5-3-4-6-13(11)16(2,10-20)19-12-7-8-15(18)14(17)9-12/h3-9,19-20H,10H2,1-2H3. The van der Waals surface area contributed by atoms with E-state index in [1.165, 1.54) is 0 Å². The molecule has 0 saturated carbocycles. The minimum Gasteiger partial charge on any atom is -0.394 e. The third kappa shape index (κ3) is 3.17. The van der Waals surface area contributed by atoms with E-state index in [2.05, 4.69) is 21.2 Å². The van der Waals surface area contributed by atoms with Crippen LogP contribution in [0.5, 0.6) is 0 Å². The molecule has 0 fully saturated rings. The molecule has 2 aromatic carbocycles. The Hall–Kier alpha value is -1.03. The van der Waals surface area contributed by atoms with Gasteiger partial charge >= 0.3 is 0 Å². The van der Waals surface area contributed by atoms with Gasteiger partial charge in [0.2, 0.25) is 0 Å². The van der Waals surface area contributed by atoms with Gasteiger partial charge in [0.1, 0.15) is 0 Å². The van der Waals surface area contributed by atoms with Gasteiger partial charge < -0.3 is 10.4 Å². The molecule has 0 aliphatic rings. The lowest BCUT2D eigenvalue weighted by molar-refractivity contribution is 0.223. The number of aryl methyl sites for hydroxylation is 1. The molecule has 20 heavy (non-hydrogen) atoms. The Kier molecular flexibility index (Phi) is 4.74. The summed E-state index contributed by atoms with van der Waals surface area (Å²) >= 11 is 9.42. The molecule has 106 valence electrons. The lowest BCUT2D eigenvalue weighted by Crippen LogP contribution is -2.36. The first-order valence-electron chi connectivity index (χ1n) is 6.36. The lowest BCUT2D eigenvalue weighted by Gasteiger charge is -2.32. The van der Waals surface area contributed by atoms with Gasteiger partial charge in [0.05, 0.1) is 17.2 Å². The lowest BCUT2D eigenvalue weighted by atomic mass is 9.89. The fourth-order valence-electron chi connectivity index (χ4n) is 2.28. The highest BCUT2D eigenvalue weighted by atomic mass is 79.9. The van der Waals surface area contributed by atoms with Crippen molar-refractivity contribution in [2.45, 2.75) is 19.4 Å². The highest BCUT2D eigenvalue weighted by Crippen LogP contribution is 2.31. The minimum absolute atomic E-state index is 0.00189. The van der Waals surface area contributed by atoms with Crippen molar-refractivity contribution in [1.29, 1.82) is 0 Å². The van der Waals surface area contributed by atoms with E-state index < -0.39 is 5.54 Å². The smallest absolute Gasteiger partial charge is 0.0830 e. The summed E-state index contributed by atoms with van der Waals surface area (Å²) in [6.07, 6.45) is 0. The van der Waals surface area contributed by atoms with Crippen LogP contribution in [0.15, 0.2) is 46.9 Å². The van der Waals surface area contributed by atoms with Crippen molar-refractivity contribution in [2.75, 3.05) is 11.9 Å². The Labute approximate surface area is 132 Å². The average molecular weight is 355 g/mol. The second-order valence-corrected chi connectivity index (χ2v) is 6.32. The third-order valence-electron chi connectivity index (χ3n) is 3.40. The molecular formula is C16H17BrClNO. The van der Waals surface area contributed by atoms with Crippen LogP contribution in [-0.2, 0) is 5.54 Å². The maximum atomic E-state index is 9.85. The number of hydrogen-bond acceptors (Lipinski definition) is 2. The molecular weight excluding hydrogens is 338 g/mol. The first-order chi connectivity index (χ1) is 9.46. The van der Waals surface area contributed by atoms with E-state index >= 15 is 0 Å². The molecule has 0 spiro atoms. The largest absolute Gasteiger partial charge is 0.394 e. The zero-order valence-electron chi connectivity index (χ0n) is 11.5. The Balaban J connectivity index is 2.36. The maximum Gasteiger partial charge on any atom is 0.0830 e. The van der Waals surface area contributed by atoms with Gasteiger partial charge in [0.15, 0.2) is 0 Å². The number of nitrogens with one attached hydrogen (secondary N) is 1. The molecule has 2 nitrogen and oxygen atoms in total. The van der Waals surface area contributed by atoms with Gasteiger partial charge in [-0.1, -0.05) is 35.9 Å². The zero-order valence-corrected chi connectivity index (χ0v) is 13.8. The topological polar surface area (TPSA) is 32.3 Å². The first-order valence-corrected chi connectivity index (χ1v) is 7.53. The second-order valence-electron chi connectivity index (χ2n) is 5.06. The number of anilines is 1. The average Bonchev–Trinajstić information content (AvgIpc) is 2.43. The molecule has 0 saturated heterocycles. The predicted molar refractivity (Wildman–Crippen MR) is 88.4 cm³/mol. The van der Waals surface area contributed by atoms with Crippen molar-refractivity contribution in [3.05, 3.63) is 63.1 Å². The summed E-state index contributed by atoms with van der Waals surface area (Å²) in [4.78, 5) is 0. The minimum atomic E-state index is -0.543. The quantitative estimate of drug-likeness (QED) is 0.832. The molecule has 4 heteroatoms. The summed E-state index contributed by atoms with van der Waals surface area (Å²) in [5.74, 6) is 0. The molecule has 0 radical (unpaired) electrons. The summed E-state index contributed by atoms with van der Waals surface area (Å²) in [5.41, 5.74) is 2.58. The van der Waals surface area contributed by atoms with E-state index in [4.69, 9.17) is 11.6 Å². The molecule has 2 aromatic rings. The molecule has 0 amide bonds. The zero-order chi connectivity index (χ0) is 14.8. The van der Waals surface area contributed by atoms with E-state index in [0.717, 1.165) is 21.3 Å². The van der Waals surface area contributed by atoms with Crippen molar-refractivity contribution in [1.82, 2.24) is 0 Å². The molecule has 1 unspecified atom stereocenters. The maximum absolute atomic E-state index is 9.85. The van der Waals surface area contributed by atoms with Crippen LogP contribution < -0.4 is 5.32 Å². The first kappa shape index (κ1) is 15.4. The fourth-order valence-corrected chi connectivity index (χ4v) is 2.77. The number of hydrogen-bond donors (Lipinski definition) is 2. The summed E-state index contributed by atoms with van der Waals surface area (Å²) in [6, 6.07) is 13.7. The molecule has 0 heterocycles. The van der Waals surface area contributed by atoms with Crippen LogP contribution in [0, 0.1) is 6.92 Å². The highest BCUT2D eigenvalue weighted by molar-refractivity contribution is 9.10. The highest BCUT2D eigenvalue weighted by Gasteiger charge is 2.27. The van der Waals surface area contributed by atoms with Gasteiger partial charge in [-0.2, -0.15) is 0 Å². The van der Waals surface area contributed by atoms with Crippen molar-refractivity contribution in [3.63, 3.8) is 0 Å². The van der Waals surface area contributed by atoms with Gasteiger partial charge in [0, 0.05) is 10.2 Å². The third-order valence-corrected chi connectivity index (χ3v) is 4.61. The molecule has 2 rings (SSSR count). The van der Waals surface area contributed by atoms with Crippen LogP contribution in [0.25, 0.3) is 0 Å². The summed E-state index contributed by atoms with van der Waals surface area (Å²) in [7, 11) is 0. The Morgan fingerprint density at radius 1 is 1.25 bits per heavy atom. The van der Waals surface area contributed by atoms with Crippen LogP contribution in [0.1, 0.15) is 18.1 Å². The molecule has 0 aromatic heterocycles. The van der Waals surface area contributed by atoms with Gasteiger partial charge in [-0.3, -0.25) is 0 Å². The van der Waals surface area contributed by atoms with Crippen LogP contribution in [0.2, 0.25) is 5.02 Å². The van der Waals surface area contributed by atoms with Crippen molar-refractivity contribution < 1.29 is 5.11 Å². The summed E-state index contributed by atoms with van der Waals surface area (Å²) < 4.78 is 0.828. The van der Waals surface area contributed by atoms with Crippen LogP contribution in [-0.4, -0.2) is 11.7 Å². The molecule has 1 atom stereocenters. The fraction of sp³-hybridized carbons (Fsp3) is 0.250. The van der Waals surface area contributed by atoms with Gasteiger partial charge in [0.25, 0.3) is 0 Å². The van der Waals surface area contributed by atoms with E-state index in [9.17, 15) is 5.11 Å². The Bertz CT molecular complexity index is 617. The number of rotatable bonds is 4. The molecule has 0 aliphatic heterocycles. The van der Waals surface area contributed by atoms with Crippen molar-refractivity contribution >= 4 is 33.2 Å². The number of halogens is 2. The predicted octanol–water partition coefficient (Wildman–Crippen LogP) is 4.73. The SMILES string of the molecule is Cc1ccccc1C(C)(CO)Nc1ccc(Cl)c(Br)c1. The normalized spacial score (nSPS) is 13.8. The van der Waals surface area contributed by atoms with Crippen LogP contribution in [0.4, 0.5) is 5.69 Å². The molecule has 0 bridgehead atoms. The summed E-state index contributed by atoms with van der Waals surface area (Å²) in [5, 5.41) is 13.9. The second kappa shape index (κ2) is 6.17. The van der Waals surface area contributed by atoms with E-state index in [-0.39, 0.29) is 6.61 Å². The van der Waals surface area contributed by atoms with E-state index in [1.807, 2.05) is 56.3 Å². The van der Waals surface area contributed by atoms with E-state index in [1.54, 1.807) is 0 Å². The summed E-state index contributed by atoms with van der Waals surface area (Å²) in [6.45, 7) is 4.03. The molecule has 2 N–H and O–H groups in total. The van der Waals surface area contributed by atoms with Crippen LogP contribution >= 0.6 is 27.5 Å². The molecule has 0 aliphatic carbocycles. The van der Waals surface area contributed by atoms with Gasteiger partial charge in [-0.15, -0.1) is 0 Å². The number of aliphatic hydroxyl groups is 1. The monoisotopic (exact) mass is 353 g/mol. The van der Waals surface area contributed by atoms with E-state index in [0.29, 0.717) is 5.02 Å². The van der Waals surface area contributed by atoms with Crippen molar-refractivity contribution in [2.24, 2.45) is 0 Å². The van der Waals surface area contributed by atoms with Crippen molar-refractivity contribution in [3.8, 4) is 0 Å². The Morgan fingerprint density at radius 2 is 1.95 bits per heavy atom. The Morgan fingerprint density at radius 3 is 2.55 bits per heavy atom. The number of aliphatic hydroxyl groups excluding tert-OH is 1. The van der Waals surface area contributed by atoms with Gasteiger partial charge in [-0.25, -0.2) is 0 Å². The number of benzene rings is 2. The van der Waals surface area contributed by atoms with Gasteiger partial charge in [-0.05, 0) is 59.1 Å².